The standard InChI is InChI=1S/C14H18FN3/c1-3-14(7-4-8-16-14)13-17-11-9-10(15)5-6-12(11)18(13)2/h5-6,9,16H,3-4,7-8H2,1-2H3. The third-order valence-corrected chi connectivity index (χ3v) is 4.12. The van der Waals surface area contributed by atoms with Crippen LogP contribution in [0.3, 0.4) is 0 Å². The number of nitrogens with zero attached hydrogens (tertiary/aromatic N) is 2. The van der Waals surface area contributed by atoms with Crippen molar-refractivity contribution in [2.75, 3.05) is 6.54 Å². The van der Waals surface area contributed by atoms with Crippen LogP contribution < -0.4 is 5.32 Å². The zero-order valence-electron chi connectivity index (χ0n) is 10.8. The van der Waals surface area contributed by atoms with E-state index in [4.69, 9.17) is 0 Å². The fourth-order valence-corrected chi connectivity index (χ4v) is 3.06. The Morgan fingerprint density at radius 3 is 3.00 bits per heavy atom. The van der Waals surface area contributed by atoms with Crippen molar-refractivity contribution in [1.82, 2.24) is 14.9 Å². The lowest BCUT2D eigenvalue weighted by Crippen LogP contribution is -2.38. The molecule has 0 spiro atoms. The van der Waals surface area contributed by atoms with Crippen LogP contribution >= 0.6 is 0 Å². The van der Waals surface area contributed by atoms with E-state index in [0.717, 1.165) is 36.2 Å². The van der Waals surface area contributed by atoms with Crippen LogP contribution in [0.5, 0.6) is 0 Å². The zero-order chi connectivity index (χ0) is 12.8. The molecule has 96 valence electrons. The Morgan fingerprint density at radius 1 is 1.50 bits per heavy atom. The fourth-order valence-electron chi connectivity index (χ4n) is 3.06. The molecule has 1 unspecified atom stereocenters. The summed E-state index contributed by atoms with van der Waals surface area (Å²) in [7, 11) is 2.01. The van der Waals surface area contributed by atoms with Gasteiger partial charge in [-0.3, -0.25) is 0 Å². The smallest absolute Gasteiger partial charge is 0.129 e. The molecule has 1 aromatic heterocycles. The molecule has 1 saturated heterocycles. The molecule has 1 N–H and O–H groups in total. The summed E-state index contributed by atoms with van der Waals surface area (Å²) in [4.78, 5) is 4.66. The van der Waals surface area contributed by atoms with E-state index in [0.29, 0.717) is 0 Å². The molecular weight excluding hydrogens is 229 g/mol. The Balaban J connectivity index is 2.20. The van der Waals surface area contributed by atoms with E-state index in [1.165, 1.54) is 18.6 Å². The van der Waals surface area contributed by atoms with Gasteiger partial charge in [0.1, 0.15) is 11.6 Å². The zero-order valence-corrected chi connectivity index (χ0v) is 10.8. The average Bonchev–Trinajstić information content (AvgIpc) is 2.95. The first-order valence-corrected chi connectivity index (χ1v) is 6.54. The van der Waals surface area contributed by atoms with Gasteiger partial charge in [0.25, 0.3) is 0 Å². The van der Waals surface area contributed by atoms with Crippen LogP contribution in [-0.2, 0) is 12.6 Å². The van der Waals surface area contributed by atoms with Gasteiger partial charge in [0, 0.05) is 13.1 Å². The minimum absolute atomic E-state index is 0.0375. The molecule has 3 rings (SSSR count). The number of fused-ring (bicyclic) bond motifs is 1. The summed E-state index contributed by atoms with van der Waals surface area (Å²) >= 11 is 0. The van der Waals surface area contributed by atoms with Crippen molar-refractivity contribution in [3.8, 4) is 0 Å². The molecule has 0 amide bonds. The van der Waals surface area contributed by atoms with Crippen LogP contribution in [0.25, 0.3) is 11.0 Å². The van der Waals surface area contributed by atoms with Crippen molar-refractivity contribution in [3.63, 3.8) is 0 Å². The van der Waals surface area contributed by atoms with E-state index in [9.17, 15) is 4.39 Å². The third-order valence-electron chi connectivity index (χ3n) is 4.12. The van der Waals surface area contributed by atoms with Gasteiger partial charge in [-0.25, -0.2) is 9.37 Å². The van der Waals surface area contributed by atoms with Crippen LogP contribution in [0.4, 0.5) is 4.39 Å². The SMILES string of the molecule is CCC1(c2nc3cc(F)ccc3n2C)CCCN1. The molecule has 0 saturated carbocycles. The molecule has 2 heterocycles. The molecule has 0 radical (unpaired) electrons. The second kappa shape index (κ2) is 4.05. The maximum absolute atomic E-state index is 13.3. The van der Waals surface area contributed by atoms with E-state index in [1.807, 2.05) is 7.05 Å². The van der Waals surface area contributed by atoms with Crippen molar-refractivity contribution >= 4 is 11.0 Å². The molecule has 4 heteroatoms. The maximum atomic E-state index is 13.3. The van der Waals surface area contributed by atoms with Gasteiger partial charge in [-0.15, -0.1) is 0 Å². The highest BCUT2D eigenvalue weighted by atomic mass is 19.1. The first-order valence-electron chi connectivity index (χ1n) is 6.54. The largest absolute Gasteiger partial charge is 0.330 e. The third kappa shape index (κ3) is 1.56. The molecular formula is C14H18FN3. The van der Waals surface area contributed by atoms with Crippen molar-refractivity contribution in [2.24, 2.45) is 7.05 Å². The predicted molar refractivity (Wildman–Crippen MR) is 69.9 cm³/mol. The lowest BCUT2D eigenvalue weighted by Gasteiger charge is -2.27. The van der Waals surface area contributed by atoms with Gasteiger partial charge >= 0.3 is 0 Å². The van der Waals surface area contributed by atoms with Crippen molar-refractivity contribution in [2.45, 2.75) is 31.7 Å². The predicted octanol–water partition coefficient (Wildman–Crippen LogP) is 2.70. The molecule has 1 aliphatic rings. The lowest BCUT2D eigenvalue weighted by molar-refractivity contribution is 0.345. The minimum Gasteiger partial charge on any atom is -0.330 e. The van der Waals surface area contributed by atoms with E-state index in [2.05, 4.69) is 21.8 Å². The highest BCUT2D eigenvalue weighted by Crippen LogP contribution is 2.34. The number of nitrogens with one attached hydrogen (secondary N) is 1. The molecule has 1 aromatic carbocycles. The summed E-state index contributed by atoms with van der Waals surface area (Å²) in [6.45, 7) is 3.21. The van der Waals surface area contributed by atoms with E-state index >= 15 is 0 Å². The normalized spacial score (nSPS) is 23.9. The lowest BCUT2D eigenvalue weighted by atomic mass is 9.93. The van der Waals surface area contributed by atoms with Gasteiger partial charge < -0.3 is 9.88 Å². The molecule has 0 bridgehead atoms. The summed E-state index contributed by atoms with van der Waals surface area (Å²) in [6.07, 6.45) is 3.28. The first-order chi connectivity index (χ1) is 8.66. The van der Waals surface area contributed by atoms with E-state index in [-0.39, 0.29) is 11.4 Å². The minimum atomic E-state index is -0.225. The number of rotatable bonds is 2. The summed E-state index contributed by atoms with van der Waals surface area (Å²) in [6, 6.07) is 4.81. The van der Waals surface area contributed by atoms with Gasteiger partial charge in [-0.05, 0) is 37.9 Å². The molecule has 1 fully saturated rings. The van der Waals surface area contributed by atoms with Gasteiger partial charge in [0.15, 0.2) is 0 Å². The average molecular weight is 247 g/mol. The Labute approximate surface area is 106 Å². The Kier molecular flexibility index (Phi) is 2.63. The number of halogens is 1. The van der Waals surface area contributed by atoms with Crippen LogP contribution in [0.15, 0.2) is 18.2 Å². The second-order valence-electron chi connectivity index (χ2n) is 5.09. The number of aromatic nitrogens is 2. The molecule has 1 atom stereocenters. The maximum Gasteiger partial charge on any atom is 0.129 e. The number of imidazole rings is 1. The highest BCUT2D eigenvalue weighted by molar-refractivity contribution is 5.76. The Bertz CT molecular complexity index is 582. The van der Waals surface area contributed by atoms with Crippen LogP contribution in [0.2, 0.25) is 0 Å². The number of hydrogen-bond acceptors (Lipinski definition) is 2. The molecule has 0 aliphatic carbocycles. The molecule has 18 heavy (non-hydrogen) atoms. The quantitative estimate of drug-likeness (QED) is 0.884. The molecule has 2 aromatic rings. The van der Waals surface area contributed by atoms with Crippen LogP contribution in [0.1, 0.15) is 32.0 Å². The van der Waals surface area contributed by atoms with Gasteiger partial charge in [-0.2, -0.15) is 0 Å². The summed E-state index contributed by atoms with van der Waals surface area (Å²) in [5.41, 5.74) is 1.70. The highest BCUT2D eigenvalue weighted by Gasteiger charge is 2.37. The summed E-state index contributed by atoms with van der Waals surface area (Å²) in [5.74, 6) is 0.806. The van der Waals surface area contributed by atoms with Crippen molar-refractivity contribution in [3.05, 3.63) is 29.8 Å². The summed E-state index contributed by atoms with van der Waals surface area (Å²) < 4.78 is 15.4. The monoisotopic (exact) mass is 247 g/mol. The van der Waals surface area contributed by atoms with Gasteiger partial charge in [-0.1, -0.05) is 6.92 Å². The Morgan fingerprint density at radius 2 is 2.33 bits per heavy atom. The van der Waals surface area contributed by atoms with E-state index in [1.54, 1.807) is 6.07 Å². The number of benzene rings is 1. The first kappa shape index (κ1) is 11.7. The molecule has 3 nitrogen and oxygen atoms in total. The van der Waals surface area contributed by atoms with Gasteiger partial charge in [0.05, 0.1) is 16.6 Å². The number of aryl methyl sites for hydroxylation is 1. The second-order valence-corrected chi connectivity index (χ2v) is 5.09. The van der Waals surface area contributed by atoms with Crippen LogP contribution in [0, 0.1) is 5.82 Å². The topological polar surface area (TPSA) is 29.9 Å². The van der Waals surface area contributed by atoms with Crippen LogP contribution in [-0.4, -0.2) is 16.1 Å². The Hall–Kier alpha value is -1.42. The molecule has 1 aliphatic heterocycles. The number of hydrogen-bond donors (Lipinski definition) is 1. The van der Waals surface area contributed by atoms with Gasteiger partial charge in [0.2, 0.25) is 0 Å². The van der Waals surface area contributed by atoms with Crippen molar-refractivity contribution in [1.29, 1.82) is 0 Å². The summed E-state index contributed by atoms with van der Waals surface area (Å²) in [5, 5.41) is 3.58. The fraction of sp³-hybridized carbons (Fsp3) is 0.500. The van der Waals surface area contributed by atoms with Crippen molar-refractivity contribution < 1.29 is 4.39 Å². The van der Waals surface area contributed by atoms with E-state index < -0.39 is 0 Å².